The third-order valence-corrected chi connectivity index (χ3v) is 3.09. The molecule has 1 heterocycles. The van der Waals surface area contributed by atoms with Crippen LogP contribution < -0.4 is 10.1 Å². The SMILES string of the molecule is C#CCOc1ccccc1CN[C@H](C)c1ccncc1. The molecule has 0 bridgehead atoms. The molecule has 1 aromatic carbocycles. The van der Waals surface area contributed by atoms with Gasteiger partial charge in [0.2, 0.25) is 0 Å². The van der Waals surface area contributed by atoms with Crippen LogP contribution in [0.25, 0.3) is 0 Å². The first-order valence-corrected chi connectivity index (χ1v) is 6.58. The second kappa shape index (κ2) is 7.32. The van der Waals surface area contributed by atoms with Crippen LogP contribution in [-0.4, -0.2) is 11.6 Å². The summed E-state index contributed by atoms with van der Waals surface area (Å²) in [5, 5.41) is 3.47. The maximum absolute atomic E-state index is 5.54. The lowest BCUT2D eigenvalue weighted by molar-refractivity contribution is 0.364. The Morgan fingerprint density at radius 3 is 2.75 bits per heavy atom. The number of hydrogen-bond acceptors (Lipinski definition) is 3. The van der Waals surface area contributed by atoms with Crippen molar-refractivity contribution >= 4 is 0 Å². The van der Waals surface area contributed by atoms with Crippen molar-refractivity contribution in [3.63, 3.8) is 0 Å². The van der Waals surface area contributed by atoms with Crippen LogP contribution in [0, 0.1) is 12.3 Å². The van der Waals surface area contributed by atoms with Gasteiger partial charge in [-0.15, -0.1) is 6.42 Å². The summed E-state index contributed by atoms with van der Waals surface area (Å²) in [5.74, 6) is 3.32. The molecule has 0 radical (unpaired) electrons. The fourth-order valence-electron chi connectivity index (χ4n) is 1.94. The van der Waals surface area contributed by atoms with E-state index in [9.17, 15) is 0 Å². The largest absolute Gasteiger partial charge is 0.481 e. The molecule has 2 aromatic rings. The quantitative estimate of drug-likeness (QED) is 0.816. The molecule has 0 saturated heterocycles. The Labute approximate surface area is 120 Å². The average Bonchev–Trinajstić information content (AvgIpc) is 2.52. The van der Waals surface area contributed by atoms with Gasteiger partial charge in [-0.2, -0.15) is 0 Å². The molecule has 3 nitrogen and oxygen atoms in total. The predicted molar refractivity (Wildman–Crippen MR) is 80.3 cm³/mol. The number of nitrogens with zero attached hydrogens (tertiary/aromatic N) is 1. The molecular formula is C17H18N2O. The second-order valence-corrected chi connectivity index (χ2v) is 4.48. The number of hydrogen-bond donors (Lipinski definition) is 1. The number of nitrogens with one attached hydrogen (secondary N) is 1. The zero-order valence-corrected chi connectivity index (χ0v) is 11.5. The monoisotopic (exact) mass is 266 g/mol. The first-order chi connectivity index (χ1) is 9.81. The number of para-hydroxylation sites is 1. The van der Waals surface area contributed by atoms with Crippen LogP contribution in [0.15, 0.2) is 48.8 Å². The first-order valence-electron chi connectivity index (χ1n) is 6.58. The normalized spacial score (nSPS) is 11.6. The minimum absolute atomic E-state index is 0.249. The molecule has 0 unspecified atom stereocenters. The van der Waals surface area contributed by atoms with Crippen LogP contribution in [0.5, 0.6) is 5.75 Å². The Morgan fingerprint density at radius 2 is 2.00 bits per heavy atom. The molecule has 1 N–H and O–H groups in total. The van der Waals surface area contributed by atoms with Crippen LogP contribution in [0.2, 0.25) is 0 Å². The summed E-state index contributed by atoms with van der Waals surface area (Å²) in [6.07, 6.45) is 8.83. The molecule has 0 fully saturated rings. The highest BCUT2D eigenvalue weighted by Crippen LogP contribution is 2.19. The highest BCUT2D eigenvalue weighted by molar-refractivity contribution is 5.33. The molecule has 0 amide bonds. The standard InChI is InChI=1S/C17H18N2O/c1-3-12-20-17-7-5-4-6-16(17)13-19-14(2)15-8-10-18-11-9-15/h1,4-11,14,19H,12-13H2,2H3/t14-/m1/s1. The van der Waals surface area contributed by atoms with Crippen LogP contribution in [0.1, 0.15) is 24.1 Å². The Kier molecular flexibility index (Phi) is 5.16. The maximum atomic E-state index is 5.54. The smallest absolute Gasteiger partial charge is 0.148 e. The van der Waals surface area contributed by atoms with Crippen LogP contribution in [0.3, 0.4) is 0 Å². The van der Waals surface area contributed by atoms with Crippen molar-refractivity contribution in [1.29, 1.82) is 0 Å². The van der Waals surface area contributed by atoms with Gasteiger partial charge in [0.05, 0.1) is 0 Å². The van der Waals surface area contributed by atoms with Crippen molar-refractivity contribution < 1.29 is 4.74 Å². The van der Waals surface area contributed by atoms with Gasteiger partial charge < -0.3 is 10.1 Å². The van der Waals surface area contributed by atoms with Crippen molar-refractivity contribution in [3.05, 3.63) is 59.9 Å². The Balaban J connectivity index is 1.99. The van der Waals surface area contributed by atoms with Crippen LogP contribution in [0.4, 0.5) is 0 Å². The molecule has 0 spiro atoms. The zero-order chi connectivity index (χ0) is 14.2. The van der Waals surface area contributed by atoms with Gasteiger partial charge in [0.1, 0.15) is 12.4 Å². The van der Waals surface area contributed by atoms with Crippen molar-refractivity contribution in [1.82, 2.24) is 10.3 Å². The fraction of sp³-hybridized carbons (Fsp3) is 0.235. The molecule has 0 saturated carbocycles. The van der Waals surface area contributed by atoms with E-state index in [-0.39, 0.29) is 12.6 Å². The van der Waals surface area contributed by atoms with E-state index < -0.39 is 0 Å². The van der Waals surface area contributed by atoms with Gasteiger partial charge in [-0.25, -0.2) is 0 Å². The lowest BCUT2D eigenvalue weighted by atomic mass is 10.1. The summed E-state index contributed by atoms with van der Waals surface area (Å²) >= 11 is 0. The number of rotatable bonds is 6. The molecule has 102 valence electrons. The summed E-state index contributed by atoms with van der Waals surface area (Å²) < 4.78 is 5.54. The molecule has 2 rings (SSSR count). The minimum Gasteiger partial charge on any atom is -0.481 e. The molecule has 1 atom stereocenters. The summed E-state index contributed by atoms with van der Waals surface area (Å²) in [7, 11) is 0. The van der Waals surface area contributed by atoms with Crippen molar-refractivity contribution in [2.75, 3.05) is 6.61 Å². The topological polar surface area (TPSA) is 34.1 Å². The Bertz CT molecular complexity index is 575. The maximum Gasteiger partial charge on any atom is 0.148 e. The van der Waals surface area contributed by atoms with Crippen LogP contribution in [-0.2, 0) is 6.54 Å². The lowest BCUT2D eigenvalue weighted by Crippen LogP contribution is -2.18. The van der Waals surface area contributed by atoms with Gasteiger partial charge in [0.25, 0.3) is 0 Å². The summed E-state index contributed by atoms with van der Waals surface area (Å²) in [6.45, 7) is 3.14. The van der Waals surface area contributed by atoms with E-state index in [2.05, 4.69) is 23.1 Å². The number of ether oxygens (including phenoxy) is 1. The van der Waals surface area contributed by atoms with E-state index in [4.69, 9.17) is 11.2 Å². The van der Waals surface area contributed by atoms with Gasteiger partial charge >= 0.3 is 0 Å². The van der Waals surface area contributed by atoms with Crippen molar-refractivity contribution in [2.45, 2.75) is 19.5 Å². The van der Waals surface area contributed by atoms with Crippen molar-refractivity contribution in [3.8, 4) is 18.1 Å². The highest BCUT2D eigenvalue weighted by atomic mass is 16.5. The average molecular weight is 266 g/mol. The molecule has 0 aliphatic heterocycles. The zero-order valence-electron chi connectivity index (χ0n) is 11.5. The van der Waals surface area contributed by atoms with E-state index in [0.29, 0.717) is 0 Å². The number of pyridine rings is 1. The van der Waals surface area contributed by atoms with Gasteiger partial charge in [0.15, 0.2) is 0 Å². The number of benzene rings is 1. The number of terminal acetylenes is 1. The third kappa shape index (κ3) is 3.84. The Morgan fingerprint density at radius 1 is 1.25 bits per heavy atom. The van der Waals surface area contributed by atoms with E-state index >= 15 is 0 Å². The van der Waals surface area contributed by atoms with Gasteiger partial charge in [-0.3, -0.25) is 4.98 Å². The van der Waals surface area contributed by atoms with Gasteiger partial charge in [-0.1, -0.05) is 24.1 Å². The first kappa shape index (κ1) is 14.1. The van der Waals surface area contributed by atoms with Crippen molar-refractivity contribution in [2.24, 2.45) is 0 Å². The fourth-order valence-corrected chi connectivity index (χ4v) is 1.94. The minimum atomic E-state index is 0.249. The molecular weight excluding hydrogens is 248 g/mol. The second-order valence-electron chi connectivity index (χ2n) is 4.48. The highest BCUT2D eigenvalue weighted by Gasteiger charge is 2.07. The van der Waals surface area contributed by atoms with E-state index in [0.717, 1.165) is 17.9 Å². The van der Waals surface area contributed by atoms with E-state index in [1.54, 1.807) is 12.4 Å². The van der Waals surface area contributed by atoms with E-state index in [1.807, 2.05) is 36.4 Å². The molecule has 0 aliphatic rings. The Hall–Kier alpha value is -2.31. The summed E-state index contributed by atoms with van der Waals surface area (Å²) in [5.41, 5.74) is 2.31. The van der Waals surface area contributed by atoms with Gasteiger partial charge in [-0.05, 0) is 30.7 Å². The van der Waals surface area contributed by atoms with E-state index in [1.165, 1.54) is 5.56 Å². The number of aromatic nitrogens is 1. The van der Waals surface area contributed by atoms with Crippen LogP contribution >= 0.6 is 0 Å². The third-order valence-electron chi connectivity index (χ3n) is 3.09. The summed E-state index contributed by atoms with van der Waals surface area (Å²) in [6, 6.07) is 12.2. The lowest BCUT2D eigenvalue weighted by Gasteiger charge is -2.16. The predicted octanol–water partition coefficient (Wildman–Crippen LogP) is 2.94. The molecule has 3 heteroatoms. The van der Waals surface area contributed by atoms with Gasteiger partial charge in [0, 0.05) is 30.5 Å². The molecule has 0 aliphatic carbocycles. The molecule has 1 aromatic heterocycles. The summed E-state index contributed by atoms with van der Waals surface area (Å²) in [4.78, 5) is 4.03. The molecule has 20 heavy (non-hydrogen) atoms.